The Morgan fingerprint density at radius 1 is 1.03 bits per heavy atom. The summed E-state index contributed by atoms with van der Waals surface area (Å²) in [5.41, 5.74) is 1.35. The van der Waals surface area contributed by atoms with Gasteiger partial charge < -0.3 is 15.3 Å². The lowest BCUT2D eigenvalue weighted by atomic mass is 10.0. The van der Waals surface area contributed by atoms with Gasteiger partial charge in [-0.1, -0.05) is 48.5 Å². The van der Waals surface area contributed by atoms with Crippen LogP contribution in [0.4, 0.5) is 0 Å². The van der Waals surface area contributed by atoms with Gasteiger partial charge in [-0.05, 0) is 43.9 Å². The van der Waals surface area contributed by atoms with E-state index in [1.807, 2.05) is 30.3 Å². The Morgan fingerprint density at radius 2 is 1.65 bits per heavy atom. The Bertz CT molecular complexity index is 987. The molecule has 2 aromatic rings. The molecular weight excluding hydrogens is 458 g/mol. The predicted octanol–water partition coefficient (Wildman–Crippen LogP) is 2.07. The normalized spacial score (nSPS) is 16.7. The van der Waals surface area contributed by atoms with E-state index in [0.29, 0.717) is 31.4 Å². The number of nitrogens with one attached hydrogen (secondary N) is 2. The van der Waals surface area contributed by atoms with Crippen LogP contribution in [0.2, 0.25) is 0 Å². The van der Waals surface area contributed by atoms with E-state index in [2.05, 4.69) is 10.6 Å². The van der Waals surface area contributed by atoms with Gasteiger partial charge in [0, 0.05) is 12.1 Å². The van der Waals surface area contributed by atoms with Crippen molar-refractivity contribution in [1.82, 2.24) is 15.5 Å². The number of ketones is 1. The maximum absolute atomic E-state index is 13.0. The van der Waals surface area contributed by atoms with E-state index in [9.17, 15) is 24.3 Å². The number of carbonyl (C=O) groups excluding carboxylic acids is 3. The van der Waals surface area contributed by atoms with Crippen LogP contribution in [0.15, 0.2) is 60.7 Å². The molecular formula is C25H30ClN3O5. The molecule has 0 unspecified atom stereocenters. The predicted molar refractivity (Wildman–Crippen MR) is 130 cm³/mol. The quantitative estimate of drug-likeness (QED) is 0.472. The third kappa shape index (κ3) is 7.13. The number of carbonyl (C=O) groups is 4. The molecule has 1 heterocycles. The van der Waals surface area contributed by atoms with Gasteiger partial charge in [-0.25, -0.2) is 4.79 Å². The van der Waals surface area contributed by atoms with E-state index in [1.165, 1.54) is 4.90 Å². The van der Waals surface area contributed by atoms with Gasteiger partial charge in [-0.2, -0.15) is 0 Å². The highest BCUT2D eigenvalue weighted by molar-refractivity contribution is 5.98. The molecule has 3 N–H and O–H groups in total. The number of nitrogens with zero attached hydrogens (tertiary/aromatic N) is 1. The number of likely N-dealkylation sites (tertiary alicyclic amines) is 1. The third-order valence-electron chi connectivity index (χ3n) is 5.79. The zero-order valence-electron chi connectivity index (χ0n) is 19.0. The SMILES string of the molecule is C[C@H](NCC(=O)[C@H](Cc1ccccc1)NC(=O)c1ccccc1)C(=O)N1CCC[C@H]1C(=O)O.Cl. The van der Waals surface area contributed by atoms with Crippen LogP contribution in [0.3, 0.4) is 0 Å². The number of carboxylic acid groups (broad SMARTS) is 1. The number of hydrogen-bond acceptors (Lipinski definition) is 5. The summed E-state index contributed by atoms with van der Waals surface area (Å²) in [7, 11) is 0. The van der Waals surface area contributed by atoms with E-state index in [-0.39, 0.29) is 36.5 Å². The summed E-state index contributed by atoms with van der Waals surface area (Å²) < 4.78 is 0. The Hall–Kier alpha value is -3.23. The van der Waals surface area contributed by atoms with E-state index in [1.54, 1.807) is 37.3 Å². The van der Waals surface area contributed by atoms with Crippen molar-refractivity contribution in [3.05, 3.63) is 71.8 Å². The van der Waals surface area contributed by atoms with Gasteiger partial charge in [0.2, 0.25) is 5.91 Å². The van der Waals surface area contributed by atoms with Gasteiger partial charge in [0.25, 0.3) is 5.91 Å². The summed E-state index contributed by atoms with van der Waals surface area (Å²) in [4.78, 5) is 51.2. The lowest BCUT2D eigenvalue weighted by Gasteiger charge is -2.26. The molecule has 2 aromatic carbocycles. The highest BCUT2D eigenvalue weighted by atomic mass is 35.5. The zero-order valence-corrected chi connectivity index (χ0v) is 19.8. The molecule has 182 valence electrons. The van der Waals surface area contributed by atoms with Gasteiger partial charge >= 0.3 is 5.97 Å². The number of amides is 2. The minimum Gasteiger partial charge on any atom is -0.480 e. The van der Waals surface area contributed by atoms with Crippen LogP contribution in [0, 0.1) is 0 Å². The number of hydrogen-bond donors (Lipinski definition) is 3. The monoisotopic (exact) mass is 487 g/mol. The second-order valence-electron chi connectivity index (χ2n) is 8.18. The molecule has 34 heavy (non-hydrogen) atoms. The topological polar surface area (TPSA) is 116 Å². The molecule has 0 radical (unpaired) electrons. The summed E-state index contributed by atoms with van der Waals surface area (Å²) >= 11 is 0. The molecule has 0 aliphatic carbocycles. The smallest absolute Gasteiger partial charge is 0.326 e. The van der Waals surface area contributed by atoms with Crippen LogP contribution in [0.5, 0.6) is 0 Å². The first-order valence-corrected chi connectivity index (χ1v) is 11.1. The molecule has 0 spiro atoms. The van der Waals surface area contributed by atoms with E-state index >= 15 is 0 Å². The Labute approximate surface area is 205 Å². The first-order valence-electron chi connectivity index (χ1n) is 11.1. The Balaban J connectivity index is 0.00000408. The van der Waals surface area contributed by atoms with Crippen LogP contribution in [-0.2, 0) is 20.8 Å². The fourth-order valence-electron chi connectivity index (χ4n) is 3.93. The maximum Gasteiger partial charge on any atom is 0.326 e. The summed E-state index contributed by atoms with van der Waals surface area (Å²) in [6, 6.07) is 15.7. The van der Waals surface area contributed by atoms with Crippen LogP contribution < -0.4 is 10.6 Å². The average molecular weight is 488 g/mol. The zero-order chi connectivity index (χ0) is 23.8. The molecule has 1 saturated heterocycles. The first kappa shape index (κ1) is 27.0. The van der Waals surface area contributed by atoms with Crippen molar-refractivity contribution < 1.29 is 24.3 Å². The van der Waals surface area contributed by atoms with Crippen LogP contribution in [0.25, 0.3) is 0 Å². The highest BCUT2D eigenvalue weighted by Gasteiger charge is 2.36. The third-order valence-corrected chi connectivity index (χ3v) is 5.79. The molecule has 8 nitrogen and oxygen atoms in total. The number of Topliss-reactive ketones (excluding diaryl/α,β-unsaturated/α-hetero) is 1. The van der Waals surface area contributed by atoms with Crippen LogP contribution in [0.1, 0.15) is 35.7 Å². The molecule has 0 saturated carbocycles. The molecule has 3 rings (SSSR count). The molecule has 9 heteroatoms. The summed E-state index contributed by atoms with van der Waals surface area (Å²) in [6.45, 7) is 1.87. The van der Waals surface area contributed by atoms with Crippen molar-refractivity contribution in [3.63, 3.8) is 0 Å². The number of aliphatic carboxylic acids is 1. The number of benzene rings is 2. The molecule has 2 amide bonds. The molecule has 1 fully saturated rings. The fraction of sp³-hybridized carbons (Fsp3) is 0.360. The number of carboxylic acids is 1. The van der Waals surface area contributed by atoms with Crippen LogP contribution >= 0.6 is 12.4 Å². The number of halogens is 1. The van der Waals surface area contributed by atoms with Crippen molar-refractivity contribution >= 4 is 36.0 Å². The van der Waals surface area contributed by atoms with Gasteiger partial charge in [0.1, 0.15) is 6.04 Å². The molecule has 3 atom stereocenters. The van der Waals surface area contributed by atoms with E-state index in [0.717, 1.165) is 5.56 Å². The number of rotatable bonds is 10. The standard InChI is InChI=1S/C25H29N3O5.ClH/c1-17(24(31)28-14-8-13-21(28)25(32)33)26-16-22(29)20(15-18-9-4-2-5-10-18)27-23(30)19-11-6-3-7-12-19;/h2-7,9-12,17,20-21,26H,8,13-16H2,1H3,(H,27,30)(H,32,33);1H/t17-,20-,21-;/m0./s1. The fourth-order valence-corrected chi connectivity index (χ4v) is 3.93. The maximum atomic E-state index is 13.0. The van der Waals surface area contributed by atoms with Gasteiger partial charge in [-0.15, -0.1) is 12.4 Å². The van der Waals surface area contributed by atoms with Crippen LogP contribution in [-0.4, -0.2) is 64.8 Å². The molecule has 0 aromatic heterocycles. The van der Waals surface area contributed by atoms with Crippen molar-refractivity contribution in [3.8, 4) is 0 Å². The molecule has 1 aliphatic heterocycles. The lowest BCUT2D eigenvalue weighted by Crippen LogP contribution is -2.52. The van der Waals surface area contributed by atoms with Crippen molar-refractivity contribution in [2.75, 3.05) is 13.1 Å². The second-order valence-corrected chi connectivity index (χ2v) is 8.18. The van der Waals surface area contributed by atoms with Gasteiger partial charge in [0.15, 0.2) is 5.78 Å². The largest absolute Gasteiger partial charge is 0.480 e. The average Bonchev–Trinajstić information content (AvgIpc) is 3.33. The first-order chi connectivity index (χ1) is 15.9. The molecule has 1 aliphatic rings. The summed E-state index contributed by atoms with van der Waals surface area (Å²) in [5.74, 6) is -1.98. The minimum atomic E-state index is -1.02. The van der Waals surface area contributed by atoms with E-state index < -0.39 is 24.1 Å². The minimum absolute atomic E-state index is 0. The lowest BCUT2D eigenvalue weighted by molar-refractivity contribution is -0.148. The Morgan fingerprint density at radius 3 is 2.26 bits per heavy atom. The highest BCUT2D eigenvalue weighted by Crippen LogP contribution is 2.18. The van der Waals surface area contributed by atoms with Crippen molar-refractivity contribution in [2.24, 2.45) is 0 Å². The Kier molecular flexibility index (Phi) is 10.2. The van der Waals surface area contributed by atoms with Crippen molar-refractivity contribution in [1.29, 1.82) is 0 Å². The summed E-state index contributed by atoms with van der Waals surface area (Å²) in [6.07, 6.45) is 1.38. The summed E-state index contributed by atoms with van der Waals surface area (Å²) in [5, 5.41) is 15.0. The van der Waals surface area contributed by atoms with E-state index in [4.69, 9.17) is 0 Å². The van der Waals surface area contributed by atoms with Gasteiger partial charge in [0.05, 0.1) is 18.6 Å². The van der Waals surface area contributed by atoms with Gasteiger partial charge in [-0.3, -0.25) is 19.7 Å². The molecule has 0 bridgehead atoms. The van der Waals surface area contributed by atoms with Crippen molar-refractivity contribution in [2.45, 2.75) is 44.3 Å². The second kappa shape index (κ2) is 12.9.